The lowest BCUT2D eigenvalue weighted by Gasteiger charge is -1.96. The van der Waals surface area contributed by atoms with Crippen molar-refractivity contribution in [1.82, 2.24) is 14.6 Å². The van der Waals surface area contributed by atoms with Crippen molar-refractivity contribution in [3.63, 3.8) is 0 Å². The summed E-state index contributed by atoms with van der Waals surface area (Å²) in [5.74, 6) is 0.0995. The molecule has 0 aliphatic heterocycles. The van der Waals surface area contributed by atoms with Crippen molar-refractivity contribution in [2.45, 2.75) is 13.3 Å². The monoisotopic (exact) mass is 351 g/mol. The third-order valence-electron chi connectivity index (χ3n) is 3.97. The van der Waals surface area contributed by atoms with Crippen molar-refractivity contribution in [3.05, 3.63) is 80.4 Å². The fraction of sp³-hybridized carbons (Fsp3) is 0.105. The Morgan fingerprint density at radius 3 is 2.48 bits per heavy atom. The van der Waals surface area contributed by atoms with Crippen LogP contribution in [0.3, 0.4) is 0 Å². The minimum absolute atomic E-state index is 0.194. The smallest absolute Gasteiger partial charge is 0.266 e. The summed E-state index contributed by atoms with van der Waals surface area (Å²) >= 11 is 1.29. The molecule has 0 atom stereocenters. The summed E-state index contributed by atoms with van der Waals surface area (Å²) in [5.41, 5.74) is 2.71. The molecule has 2 heterocycles. The zero-order chi connectivity index (χ0) is 17.4. The lowest BCUT2D eigenvalue weighted by Crippen LogP contribution is -2.23. The minimum atomic E-state index is -0.319. The van der Waals surface area contributed by atoms with Crippen LogP contribution in [0.15, 0.2) is 53.3 Å². The number of fused-ring (bicyclic) bond motifs is 1. The Hall–Kier alpha value is -2.86. The number of nitrogens with zero attached hydrogens (tertiary/aromatic N) is 3. The van der Waals surface area contributed by atoms with Gasteiger partial charge < -0.3 is 0 Å². The molecule has 2 aromatic heterocycles. The van der Waals surface area contributed by atoms with Gasteiger partial charge in [0, 0.05) is 5.56 Å². The third kappa shape index (κ3) is 2.96. The van der Waals surface area contributed by atoms with E-state index in [0.717, 1.165) is 12.0 Å². The van der Waals surface area contributed by atoms with E-state index in [9.17, 15) is 9.18 Å². The number of hydrogen-bond acceptors (Lipinski definition) is 4. The quantitative estimate of drug-likeness (QED) is 0.570. The van der Waals surface area contributed by atoms with Crippen molar-refractivity contribution < 1.29 is 4.39 Å². The Morgan fingerprint density at radius 1 is 1.12 bits per heavy atom. The van der Waals surface area contributed by atoms with Crippen LogP contribution in [0.1, 0.15) is 18.1 Å². The van der Waals surface area contributed by atoms with E-state index in [-0.39, 0.29) is 11.4 Å². The molecule has 0 bridgehead atoms. The largest absolute Gasteiger partial charge is 0.291 e. The first-order valence-electron chi connectivity index (χ1n) is 7.90. The molecule has 0 aliphatic carbocycles. The fourth-order valence-electron chi connectivity index (χ4n) is 2.56. The van der Waals surface area contributed by atoms with Crippen molar-refractivity contribution in [1.29, 1.82) is 0 Å². The van der Waals surface area contributed by atoms with E-state index in [0.29, 0.717) is 20.9 Å². The minimum Gasteiger partial charge on any atom is -0.266 e. The second-order valence-corrected chi connectivity index (χ2v) is 6.66. The zero-order valence-corrected chi connectivity index (χ0v) is 14.3. The molecule has 0 saturated heterocycles. The Labute approximate surface area is 146 Å². The number of rotatable bonds is 3. The van der Waals surface area contributed by atoms with Crippen LogP contribution in [0.5, 0.6) is 0 Å². The van der Waals surface area contributed by atoms with Gasteiger partial charge in [-0.1, -0.05) is 42.5 Å². The highest BCUT2D eigenvalue weighted by Crippen LogP contribution is 2.16. The molecule has 0 saturated carbocycles. The predicted octanol–water partition coefficient (Wildman–Crippen LogP) is 3.07. The Kier molecular flexibility index (Phi) is 3.89. The average molecular weight is 351 g/mol. The number of thiazole rings is 1. The lowest BCUT2D eigenvalue weighted by atomic mass is 10.1. The van der Waals surface area contributed by atoms with Gasteiger partial charge in [0.15, 0.2) is 5.82 Å². The molecule has 2 aromatic carbocycles. The van der Waals surface area contributed by atoms with Crippen molar-refractivity contribution in [3.8, 4) is 11.4 Å². The zero-order valence-electron chi connectivity index (χ0n) is 13.4. The standard InChI is InChI=1S/C19H14FN3OS/c1-2-12-3-5-13(6-4-12)11-16-18(24)23-19(25-16)21-17(22-23)14-7-9-15(20)10-8-14/h3-11H,2H2,1H3/b16-11-. The van der Waals surface area contributed by atoms with Crippen LogP contribution in [0.2, 0.25) is 0 Å². The van der Waals surface area contributed by atoms with Crippen LogP contribution in [0.25, 0.3) is 22.4 Å². The molecule has 0 fully saturated rings. The highest BCUT2D eigenvalue weighted by atomic mass is 32.1. The van der Waals surface area contributed by atoms with E-state index in [1.165, 1.54) is 33.5 Å². The van der Waals surface area contributed by atoms with Gasteiger partial charge in [0.1, 0.15) is 5.82 Å². The summed E-state index contributed by atoms with van der Waals surface area (Å²) < 4.78 is 14.9. The summed E-state index contributed by atoms with van der Waals surface area (Å²) in [6.45, 7) is 2.10. The summed E-state index contributed by atoms with van der Waals surface area (Å²) in [6.07, 6.45) is 2.83. The molecule has 25 heavy (non-hydrogen) atoms. The molecule has 0 spiro atoms. The molecule has 4 nitrogen and oxygen atoms in total. The molecular weight excluding hydrogens is 337 g/mol. The first-order valence-corrected chi connectivity index (χ1v) is 8.72. The van der Waals surface area contributed by atoms with Gasteiger partial charge in [0.05, 0.1) is 4.53 Å². The average Bonchev–Trinajstić information content (AvgIpc) is 3.16. The first kappa shape index (κ1) is 15.7. The van der Waals surface area contributed by atoms with E-state index in [2.05, 4.69) is 29.1 Å². The highest BCUT2D eigenvalue weighted by molar-refractivity contribution is 7.15. The maximum atomic E-state index is 13.0. The second kappa shape index (κ2) is 6.22. The normalized spacial score (nSPS) is 12.2. The fourth-order valence-corrected chi connectivity index (χ4v) is 3.46. The molecule has 0 N–H and O–H groups in total. The highest BCUT2D eigenvalue weighted by Gasteiger charge is 2.11. The molecule has 4 aromatic rings. The van der Waals surface area contributed by atoms with Gasteiger partial charge in [0.25, 0.3) is 5.56 Å². The predicted molar refractivity (Wildman–Crippen MR) is 97.1 cm³/mol. The molecule has 4 rings (SSSR count). The molecular formula is C19H14FN3OS. The van der Waals surface area contributed by atoms with E-state index in [4.69, 9.17) is 0 Å². The van der Waals surface area contributed by atoms with Crippen LogP contribution in [-0.2, 0) is 6.42 Å². The van der Waals surface area contributed by atoms with Gasteiger partial charge in [-0.15, -0.1) is 5.10 Å². The SMILES string of the molecule is CCc1ccc(/C=c2\sc3nc(-c4ccc(F)cc4)nn3c2=O)cc1. The Bertz CT molecular complexity index is 1140. The van der Waals surface area contributed by atoms with Crippen LogP contribution in [0.4, 0.5) is 4.39 Å². The van der Waals surface area contributed by atoms with Gasteiger partial charge >= 0.3 is 0 Å². The summed E-state index contributed by atoms with van der Waals surface area (Å²) in [7, 11) is 0. The molecule has 0 radical (unpaired) electrons. The summed E-state index contributed by atoms with van der Waals surface area (Å²) in [6, 6.07) is 14.0. The number of hydrogen-bond donors (Lipinski definition) is 0. The van der Waals surface area contributed by atoms with E-state index < -0.39 is 0 Å². The molecule has 0 aliphatic rings. The lowest BCUT2D eigenvalue weighted by molar-refractivity contribution is 0.628. The van der Waals surface area contributed by atoms with Crippen LogP contribution in [-0.4, -0.2) is 14.6 Å². The third-order valence-corrected chi connectivity index (χ3v) is 4.93. The van der Waals surface area contributed by atoms with Crippen LogP contribution in [0, 0.1) is 5.82 Å². The van der Waals surface area contributed by atoms with Crippen molar-refractivity contribution in [2.24, 2.45) is 0 Å². The summed E-state index contributed by atoms with van der Waals surface area (Å²) in [4.78, 5) is 17.5. The van der Waals surface area contributed by atoms with Gasteiger partial charge in [-0.3, -0.25) is 4.79 Å². The van der Waals surface area contributed by atoms with Gasteiger partial charge in [0.2, 0.25) is 4.96 Å². The Balaban J connectivity index is 1.76. The number of halogens is 1. The topological polar surface area (TPSA) is 47.3 Å². The van der Waals surface area contributed by atoms with Crippen LogP contribution < -0.4 is 10.1 Å². The second-order valence-electron chi connectivity index (χ2n) is 5.65. The molecule has 6 heteroatoms. The molecule has 0 unspecified atom stereocenters. The van der Waals surface area contributed by atoms with E-state index in [1.807, 2.05) is 18.2 Å². The number of aryl methyl sites for hydroxylation is 1. The molecule has 124 valence electrons. The van der Waals surface area contributed by atoms with Crippen LogP contribution >= 0.6 is 11.3 Å². The number of aromatic nitrogens is 3. The van der Waals surface area contributed by atoms with Gasteiger partial charge in [-0.2, -0.15) is 9.50 Å². The Morgan fingerprint density at radius 2 is 1.84 bits per heavy atom. The van der Waals surface area contributed by atoms with Crippen molar-refractivity contribution in [2.75, 3.05) is 0 Å². The first-order chi connectivity index (χ1) is 12.1. The van der Waals surface area contributed by atoms with Crippen molar-refractivity contribution >= 4 is 22.4 Å². The summed E-state index contributed by atoms with van der Waals surface area (Å²) in [5, 5.41) is 4.26. The number of benzene rings is 2. The maximum Gasteiger partial charge on any atom is 0.291 e. The van der Waals surface area contributed by atoms with E-state index >= 15 is 0 Å². The molecule has 0 amide bonds. The van der Waals surface area contributed by atoms with Gasteiger partial charge in [-0.05, 0) is 47.9 Å². The van der Waals surface area contributed by atoms with Gasteiger partial charge in [-0.25, -0.2) is 4.39 Å². The maximum absolute atomic E-state index is 13.0. The van der Waals surface area contributed by atoms with E-state index in [1.54, 1.807) is 12.1 Å².